The summed E-state index contributed by atoms with van der Waals surface area (Å²) in [5, 5.41) is 11.8. The molecule has 212 valence electrons. The van der Waals surface area contributed by atoms with Crippen LogP contribution in [0.2, 0.25) is 0 Å². The first-order valence-corrected chi connectivity index (χ1v) is 13.7. The highest BCUT2D eigenvalue weighted by Gasteiger charge is 2.47. The molecule has 1 aromatic heterocycles. The summed E-state index contributed by atoms with van der Waals surface area (Å²) in [7, 11) is 0. The number of carbonyl (C=O) groups is 2. The average Bonchev–Trinajstić information content (AvgIpc) is 3.24. The summed E-state index contributed by atoms with van der Waals surface area (Å²) in [4.78, 5) is 32.6. The fourth-order valence-electron chi connectivity index (χ4n) is 6.06. The zero-order chi connectivity index (χ0) is 28.3. The molecule has 1 saturated carbocycles. The molecule has 3 heterocycles. The van der Waals surface area contributed by atoms with Gasteiger partial charge in [-0.3, -0.25) is 9.69 Å². The van der Waals surface area contributed by atoms with Gasteiger partial charge in [0.1, 0.15) is 17.2 Å². The first-order valence-electron chi connectivity index (χ1n) is 13.7. The van der Waals surface area contributed by atoms with Crippen LogP contribution in [0.3, 0.4) is 0 Å². The zero-order valence-electron chi connectivity index (χ0n) is 22.2. The number of carbonyl (C=O) groups excluding carboxylic acids is 2. The highest BCUT2D eigenvalue weighted by molar-refractivity contribution is 5.78. The van der Waals surface area contributed by atoms with Gasteiger partial charge in [0.2, 0.25) is 11.9 Å². The molecule has 1 aliphatic carbocycles. The molecule has 1 N–H and O–H groups in total. The number of pyridine rings is 1. The van der Waals surface area contributed by atoms with Gasteiger partial charge in [0.05, 0.1) is 18.2 Å². The first-order chi connectivity index (χ1) is 19.2. The third-order valence-corrected chi connectivity index (χ3v) is 8.41. The highest BCUT2D eigenvalue weighted by Crippen LogP contribution is 2.36. The van der Waals surface area contributed by atoms with E-state index >= 15 is 0 Å². The molecule has 2 aromatic rings. The summed E-state index contributed by atoms with van der Waals surface area (Å²) in [6.45, 7) is 2.49. The predicted octanol–water partition coefficient (Wildman–Crippen LogP) is 4.28. The summed E-state index contributed by atoms with van der Waals surface area (Å²) in [5.74, 6) is -1.90. The molecule has 3 fully saturated rings. The number of ether oxygens (including phenoxy) is 1. The zero-order valence-corrected chi connectivity index (χ0v) is 22.2. The topological polar surface area (TPSA) is 98.6 Å². The number of piperidine rings is 1. The van der Waals surface area contributed by atoms with Gasteiger partial charge in [0.25, 0.3) is 0 Å². The Labute approximate surface area is 231 Å². The van der Waals surface area contributed by atoms with Crippen LogP contribution in [0.25, 0.3) is 0 Å². The van der Waals surface area contributed by atoms with Gasteiger partial charge in [-0.2, -0.15) is 9.65 Å². The van der Waals surface area contributed by atoms with E-state index in [1.54, 1.807) is 17.0 Å². The van der Waals surface area contributed by atoms with Gasteiger partial charge in [-0.1, -0.05) is 0 Å². The second kappa shape index (κ2) is 11.8. The molecule has 0 bridgehead atoms. The van der Waals surface area contributed by atoms with Crippen LogP contribution in [0.1, 0.15) is 55.2 Å². The number of hydrogen-bond acceptors (Lipinski definition) is 6. The van der Waals surface area contributed by atoms with Gasteiger partial charge >= 0.3 is 6.09 Å². The Hall–Kier alpha value is -3.65. The number of nitrogens with zero attached hydrogens (tertiary/aromatic N) is 4. The summed E-state index contributed by atoms with van der Waals surface area (Å²) >= 11 is 0. The van der Waals surface area contributed by atoms with Crippen molar-refractivity contribution in [3.63, 3.8) is 0 Å². The molecule has 8 nitrogen and oxygen atoms in total. The molecular formula is C29H32F3N5O3. The number of likely N-dealkylation sites (tertiary alicyclic amines) is 1. The molecule has 0 atom stereocenters. The van der Waals surface area contributed by atoms with Gasteiger partial charge in [-0.15, -0.1) is 0 Å². The molecule has 2 amide bonds. The van der Waals surface area contributed by atoms with Gasteiger partial charge in [0, 0.05) is 63.2 Å². The Bertz CT molecular complexity index is 1280. The maximum atomic E-state index is 14.3. The lowest BCUT2D eigenvalue weighted by Crippen LogP contribution is -2.47. The largest absolute Gasteiger partial charge is 0.441 e. The quantitative estimate of drug-likeness (QED) is 0.513. The van der Waals surface area contributed by atoms with E-state index in [1.165, 1.54) is 12.3 Å². The van der Waals surface area contributed by atoms with Crippen LogP contribution in [0.4, 0.5) is 18.0 Å². The second-order valence-corrected chi connectivity index (χ2v) is 11.2. The number of hydrogen-bond donors (Lipinski definition) is 1. The monoisotopic (exact) mass is 555 g/mol. The number of nitriles is 1. The molecule has 40 heavy (non-hydrogen) atoms. The van der Waals surface area contributed by atoms with E-state index in [9.17, 15) is 22.8 Å². The number of nitrogens with one attached hydrogen (secondary N) is 1. The van der Waals surface area contributed by atoms with Crippen molar-refractivity contribution in [1.82, 2.24) is 20.1 Å². The summed E-state index contributed by atoms with van der Waals surface area (Å²) < 4.78 is 47.8. The van der Waals surface area contributed by atoms with Crippen LogP contribution in [0, 0.1) is 40.7 Å². The van der Waals surface area contributed by atoms with Crippen LogP contribution >= 0.6 is 0 Å². The van der Waals surface area contributed by atoms with Gasteiger partial charge in [-0.05, 0) is 61.4 Å². The lowest BCUT2D eigenvalue weighted by molar-refractivity contribution is -0.126. The first kappa shape index (κ1) is 27.9. The van der Waals surface area contributed by atoms with Crippen LogP contribution < -0.4 is 5.32 Å². The van der Waals surface area contributed by atoms with Gasteiger partial charge in [-0.25, -0.2) is 18.6 Å². The van der Waals surface area contributed by atoms with Crippen molar-refractivity contribution in [2.75, 3.05) is 26.2 Å². The number of halogens is 3. The second-order valence-electron chi connectivity index (χ2n) is 11.2. The molecular weight excluding hydrogens is 523 g/mol. The van der Waals surface area contributed by atoms with Gasteiger partial charge in [0.15, 0.2) is 0 Å². The minimum absolute atomic E-state index is 0.0391. The minimum atomic E-state index is -0.730. The lowest BCUT2D eigenvalue weighted by atomic mass is 9.81. The average molecular weight is 556 g/mol. The highest BCUT2D eigenvalue weighted by atomic mass is 19.1. The molecule has 11 heteroatoms. The normalized spacial score (nSPS) is 22.6. The molecule has 0 unspecified atom stereocenters. The Kier molecular flexibility index (Phi) is 8.26. The van der Waals surface area contributed by atoms with E-state index < -0.39 is 23.2 Å². The van der Waals surface area contributed by atoms with Crippen molar-refractivity contribution in [2.24, 2.45) is 11.8 Å². The fraction of sp³-hybridized carbons (Fsp3) is 0.517. The fourth-order valence-corrected chi connectivity index (χ4v) is 6.06. The molecule has 3 aliphatic rings. The van der Waals surface area contributed by atoms with Crippen LogP contribution in [0.15, 0.2) is 30.5 Å². The number of benzene rings is 1. The Morgan fingerprint density at radius 1 is 1.12 bits per heavy atom. The van der Waals surface area contributed by atoms with Crippen LogP contribution in [0.5, 0.6) is 0 Å². The van der Waals surface area contributed by atoms with E-state index in [-0.39, 0.29) is 48.1 Å². The van der Waals surface area contributed by atoms with Crippen molar-refractivity contribution >= 4 is 12.0 Å². The smallest absolute Gasteiger partial charge is 0.410 e. The summed E-state index contributed by atoms with van der Waals surface area (Å²) in [6, 6.07) is 6.82. The maximum Gasteiger partial charge on any atom is 0.410 e. The maximum absolute atomic E-state index is 14.3. The number of aromatic nitrogens is 1. The molecule has 1 aromatic carbocycles. The van der Waals surface area contributed by atoms with Crippen LogP contribution in [-0.4, -0.2) is 58.6 Å². The lowest BCUT2D eigenvalue weighted by Gasteiger charge is -2.37. The Balaban J connectivity index is 1.06. The van der Waals surface area contributed by atoms with E-state index in [0.717, 1.165) is 37.8 Å². The summed E-state index contributed by atoms with van der Waals surface area (Å²) in [6.07, 6.45) is 5.30. The minimum Gasteiger partial charge on any atom is -0.441 e. The van der Waals surface area contributed by atoms with E-state index in [1.807, 2.05) is 4.90 Å². The van der Waals surface area contributed by atoms with Gasteiger partial charge < -0.3 is 15.0 Å². The van der Waals surface area contributed by atoms with E-state index in [4.69, 9.17) is 10.00 Å². The number of amides is 2. The standard InChI is InChI=1S/C29H32F3N5O3/c30-24-11-21(14-33)12-25(31)23(24)17-36-9-6-29(7-10-36)18-37(28(39)40-29)16-19-1-3-22(4-2-19)27(38)35-15-20-5-8-34-26(32)13-20/h5,8,11-13,19,22H,1-4,6-7,9-10,15-18H2,(H,35,38). The van der Waals surface area contributed by atoms with E-state index in [2.05, 4.69) is 10.3 Å². The predicted molar refractivity (Wildman–Crippen MR) is 138 cm³/mol. The molecule has 2 aliphatic heterocycles. The van der Waals surface area contributed by atoms with Crippen LogP contribution in [-0.2, 0) is 22.6 Å². The third-order valence-electron chi connectivity index (χ3n) is 8.41. The SMILES string of the molecule is N#Cc1cc(F)c(CN2CCC3(CC2)CN(CC2CCC(C(=O)NCc4ccnc(F)c4)CC2)C(=O)O3)c(F)c1. The molecule has 1 spiro atoms. The van der Waals surface area contributed by atoms with Crippen molar-refractivity contribution < 1.29 is 27.5 Å². The van der Waals surface area contributed by atoms with Crippen molar-refractivity contribution in [3.8, 4) is 6.07 Å². The van der Waals surface area contributed by atoms with E-state index in [0.29, 0.717) is 44.6 Å². The molecule has 2 saturated heterocycles. The molecule has 5 rings (SSSR count). The molecule has 0 radical (unpaired) electrons. The summed E-state index contributed by atoms with van der Waals surface area (Å²) in [5.41, 5.74) is -0.0466. The Morgan fingerprint density at radius 3 is 2.48 bits per heavy atom. The van der Waals surface area contributed by atoms with Crippen molar-refractivity contribution in [3.05, 3.63) is 64.7 Å². The Morgan fingerprint density at radius 2 is 1.82 bits per heavy atom. The number of rotatable bonds is 7. The van der Waals surface area contributed by atoms with Crippen molar-refractivity contribution in [2.45, 2.75) is 57.2 Å². The van der Waals surface area contributed by atoms with Crippen molar-refractivity contribution in [1.29, 1.82) is 5.26 Å². The third kappa shape index (κ3) is 6.39.